The predicted molar refractivity (Wildman–Crippen MR) is 95.8 cm³/mol. The molecule has 6 nitrogen and oxygen atoms in total. The van der Waals surface area contributed by atoms with Gasteiger partial charge < -0.3 is 10.8 Å². The standard InChI is InChI=1S/C19H14F3N5O/c20-19(21,22)15-5-1-4-13(26-15)17-12(3-2-8-24-17)11-6-7-16-25-9-14(18(23)28)27(16)10-11/h1-10,18,28H,23H2. The van der Waals surface area contributed by atoms with Crippen LogP contribution in [0.3, 0.4) is 0 Å². The predicted octanol–water partition coefficient (Wildman–Crippen LogP) is 3.43. The first-order chi connectivity index (χ1) is 13.3. The topological polar surface area (TPSA) is 89.3 Å². The van der Waals surface area contributed by atoms with Crippen LogP contribution in [0.4, 0.5) is 13.2 Å². The number of aliphatic hydroxyl groups excluding tert-OH is 1. The quantitative estimate of drug-likeness (QED) is 0.528. The maximum absolute atomic E-state index is 13.0. The molecule has 0 aliphatic heterocycles. The number of hydrogen-bond acceptors (Lipinski definition) is 5. The van der Waals surface area contributed by atoms with Crippen LogP contribution in [-0.2, 0) is 6.18 Å². The second-order valence-electron chi connectivity index (χ2n) is 6.08. The Morgan fingerprint density at radius 1 is 1.04 bits per heavy atom. The highest BCUT2D eigenvalue weighted by Gasteiger charge is 2.32. The minimum Gasteiger partial charge on any atom is -0.373 e. The van der Waals surface area contributed by atoms with Crippen molar-refractivity contribution in [2.45, 2.75) is 12.4 Å². The molecular weight excluding hydrogens is 371 g/mol. The molecule has 4 aromatic rings. The highest BCUT2D eigenvalue weighted by molar-refractivity contribution is 5.79. The monoisotopic (exact) mass is 385 g/mol. The minimum atomic E-state index is -4.55. The number of aromatic nitrogens is 4. The molecule has 0 saturated heterocycles. The van der Waals surface area contributed by atoms with Crippen molar-refractivity contribution in [3.8, 4) is 22.5 Å². The number of hydrogen-bond donors (Lipinski definition) is 2. The molecule has 142 valence electrons. The first kappa shape index (κ1) is 18.1. The Balaban J connectivity index is 1.87. The number of alkyl halides is 3. The second-order valence-corrected chi connectivity index (χ2v) is 6.08. The van der Waals surface area contributed by atoms with Crippen molar-refractivity contribution >= 4 is 5.65 Å². The lowest BCUT2D eigenvalue weighted by Gasteiger charge is -2.12. The summed E-state index contributed by atoms with van der Waals surface area (Å²) in [5, 5.41) is 9.70. The van der Waals surface area contributed by atoms with Crippen LogP contribution in [0.1, 0.15) is 17.6 Å². The maximum atomic E-state index is 13.0. The van der Waals surface area contributed by atoms with E-state index >= 15 is 0 Å². The number of nitrogens with zero attached hydrogens (tertiary/aromatic N) is 4. The zero-order valence-electron chi connectivity index (χ0n) is 14.3. The van der Waals surface area contributed by atoms with Crippen molar-refractivity contribution in [1.82, 2.24) is 19.4 Å². The number of nitrogens with two attached hydrogens (primary N) is 1. The molecule has 1 atom stereocenters. The lowest BCUT2D eigenvalue weighted by atomic mass is 10.0. The van der Waals surface area contributed by atoms with Gasteiger partial charge in [-0.3, -0.25) is 9.38 Å². The van der Waals surface area contributed by atoms with E-state index in [1.165, 1.54) is 24.5 Å². The van der Waals surface area contributed by atoms with Gasteiger partial charge in [0.2, 0.25) is 0 Å². The van der Waals surface area contributed by atoms with Crippen molar-refractivity contribution in [3.63, 3.8) is 0 Å². The summed E-state index contributed by atoms with van der Waals surface area (Å²) in [4.78, 5) is 12.1. The third kappa shape index (κ3) is 3.21. The zero-order valence-corrected chi connectivity index (χ0v) is 14.3. The van der Waals surface area contributed by atoms with Gasteiger partial charge in [-0.25, -0.2) is 9.97 Å². The summed E-state index contributed by atoms with van der Waals surface area (Å²) in [6.07, 6.45) is -1.12. The van der Waals surface area contributed by atoms with E-state index in [2.05, 4.69) is 15.0 Å². The third-order valence-corrected chi connectivity index (χ3v) is 4.24. The molecule has 0 saturated carbocycles. The summed E-state index contributed by atoms with van der Waals surface area (Å²) in [6, 6.07) is 10.6. The fraction of sp³-hybridized carbons (Fsp3) is 0.105. The number of fused-ring (bicyclic) bond motifs is 1. The van der Waals surface area contributed by atoms with Crippen LogP contribution in [-0.4, -0.2) is 24.5 Å². The Hall–Kier alpha value is -3.30. The van der Waals surface area contributed by atoms with Crippen molar-refractivity contribution < 1.29 is 18.3 Å². The smallest absolute Gasteiger partial charge is 0.373 e. The molecule has 0 spiro atoms. The Labute approximate surface area is 157 Å². The van der Waals surface area contributed by atoms with Gasteiger partial charge in [0.1, 0.15) is 17.6 Å². The maximum Gasteiger partial charge on any atom is 0.433 e. The summed E-state index contributed by atoms with van der Waals surface area (Å²) in [5.74, 6) is 0. The van der Waals surface area contributed by atoms with Crippen molar-refractivity contribution in [3.05, 3.63) is 72.4 Å². The van der Waals surface area contributed by atoms with Crippen LogP contribution >= 0.6 is 0 Å². The Kier molecular flexibility index (Phi) is 4.33. The number of rotatable bonds is 3. The molecule has 0 amide bonds. The SMILES string of the molecule is NC(O)c1cnc2ccc(-c3cccnc3-c3cccc(C(F)(F)F)n3)cn12. The molecule has 28 heavy (non-hydrogen) atoms. The van der Waals surface area contributed by atoms with E-state index in [-0.39, 0.29) is 5.69 Å². The van der Waals surface area contributed by atoms with E-state index in [0.717, 1.165) is 6.07 Å². The number of imidazole rings is 1. The molecule has 1 unspecified atom stereocenters. The third-order valence-electron chi connectivity index (χ3n) is 4.24. The van der Waals surface area contributed by atoms with Gasteiger partial charge >= 0.3 is 6.18 Å². The molecule has 3 N–H and O–H groups in total. The highest BCUT2D eigenvalue weighted by atomic mass is 19.4. The summed E-state index contributed by atoms with van der Waals surface area (Å²) >= 11 is 0. The Bertz CT molecular complexity index is 1150. The van der Waals surface area contributed by atoms with E-state index in [0.29, 0.717) is 28.2 Å². The van der Waals surface area contributed by atoms with Crippen molar-refractivity contribution in [1.29, 1.82) is 0 Å². The fourth-order valence-corrected chi connectivity index (χ4v) is 2.94. The normalized spacial score (nSPS) is 13.0. The number of pyridine rings is 3. The fourth-order valence-electron chi connectivity index (χ4n) is 2.94. The molecule has 0 bridgehead atoms. The Morgan fingerprint density at radius 2 is 1.86 bits per heavy atom. The molecule has 0 aliphatic rings. The zero-order chi connectivity index (χ0) is 19.9. The van der Waals surface area contributed by atoms with Gasteiger partial charge in [0.15, 0.2) is 0 Å². The molecular formula is C19H14F3N5O. The van der Waals surface area contributed by atoms with Crippen LogP contribution in [0.25, 0.3) is 28.2 Å². The Morgan fingerprint density at radius 3 is 2.61 bits per heavy atom. The van der Waals surface area contributed by atoms with Crippen LogP contribution < -0.4 is 5.73 Å². The molecule has 0 aliphatic carbocycles. The molecule has 4 rings (SSSR count). The summed E-state index contributed by atoms with van der Waals surface area (Å²) in [5.41, 5.74) is 7.20. The van der Waals surface area contributed by atoms with E-state index in [1.807, 2.05) is 0 Å². The molecule has 0 fully saturated rings. The molecule has 4 aromatic heterocycles. The van der Waals surface area contributed by atoms with Gasteiger partial charge in [0.05, 0.1) is 23.3 Å². The van der Waals surface area contributed by atoms with Gasteiger partial charge in [-0.2, -0.15) is 13.2 Å². The highest BCUT2D eigenvalue weighted by Crippen LogP contribution is 2.33. The van der Waals surface area contributed by atoms with E-state index in [1.54, 1.807) is 34.9 Å². The van der Waals surface area contributed by atoms with Gasteiger partial charge in [-0.15, -0.1) is 0 Å². The first-order valence-corrected chi connectivity index (χ1v) is 8.25. The molecule has 9 heteroatoms. The van der Waals surface area contributed by atoms with Gasteiger partial charge in [0, 0.05) is 23.5 Å². The first-order valence-electron chi connectivity index (χ1n) is 8.25. The van der Waals surface area contributed by atoms with Crippen LogP contribution in [0, 0.1) is 0 Å². The largest absolute Gasteiger partial charge is 0.433 e. The van der Waals surface area contributed by atoms with Gasteiger partial charge in [-0.05, 0) is 30.3 Å². The molecule has 0 aromatic carbocycles. The van der Waals surface area contributed by atoms with Crippen LogP contribution in [0.15, 0.2) is 61.1 Å². The molecule has 0 radical (unpaired) electrons. The number of halogens is 3. The van der Waals surface area contributed by atoms with Crippen molar-refractivity contribution in [2.24, 2.45) is 5.73 Å². The number of aliphatic hydroxyl groups is 1. The van der Waals surface area contributed by atoms with Gasteiger partial charge in [0.25, 0.3) is 0 Å². The van der Waals surface area contributed by atoms with E-state index in [4.69, 9.17) is 5.73 Å². The average Bonchev–Trinajstić information content (AvgIpc) is 3.11. The van der Waals surface area contributed by atoms with Gasteiger partial charge in [-0.1, -0.05) is 12.1 Å². The van der Waals surface area contributed by atoms with E-state index < -0.39 is 18.1 Å². The van der Waals surface area contributed by atoms with Crippen LogP contribution in [0.5, 0.6) is 0 Å². The van der Waals surface area contributed by atoms with E-state index in [9.17, 15) is 18.3 Å². The molecule has 4 heterocycles. The lowest BCUT2D eigenvalue weighted by molar-refractivity contribution is -0.141. The summed E-state index contributed by atoms with van der Waals surface area (Å²) in [7, 11) is 0. The lowest BCUT2D eigenvalue weighted by Crippen LogP contribution is -2.11. The minimum absolute atomic E-state index is 0.107. The summed E-state index contributed by atoms with van der Waals surface area (Å²) in [6.45, 7) is 0. The second kappa shape index (κ2) is 6.70. The average molecular weight is 385 g/mol. The van der Waals surface area contributed by atoms with Crippen molar-refractivity contribution in [2.75, 3.05) is 0 Å². The summed E-state index contributed by atoms with van der Waals surface area (Å²) < 4.78 is 40.7. The van der Waals surface area contributed by atoms with Crippen LogP contribution in [0.2, 0.25) is 0 Å².